The van der Waals surface area contributed by atoms with Gasteiger partial charge in [-0.25, -0.2) is 0 Å². The van der Waals surface area contributed by atoms with Gasteiger partial charge >= 0.3 is 0 Å². The highest BCUT2D eigenvalue weighted by atomic mass is 16.7. The molecule has 0 amide bonds. The highest BCUT2D eigenvalue weighted by Crippen LogP contribution is 2.39. The lowest BCUT2D eigenvalue weighted by Gasteiger charge is -2.28. The van der Waals surface area contributed by atoms with Gasteiger partial charge in [-0.3, -0.25) is 0 Å². The number of aromatic nitrogens is 1. The second-order valence-corrected chi connectivity index (χ2v) is 11.0. The largest absolute Gasteiger partial charge is 0.454 e. The lowest BCUT2D eigenvalue weighted by molar-refractivity contribution is 0.174. The van der Waals surface area contributed by atoms with Gasteiger partial charge in [-0.15, -0.1) is 0 Å². The first kappa shape index (κ1) is 24.1. The minimum Gasteiger partial charge on any atom is -0.454 e. The van der Waals surface area contributed by atoms with Crippen molar-refractivity contribution in [1.29, 1.82) is 0 Å². The maximum Gasteiger partial charge on any atom is 0.231 e. The van der Waals surface area contributed by atoms with Crippen LogP contribution in [-0.4, -0.2) is 16.7 Å². The number of hydrogen-bond acceptors (Lipinski definition) is 4. The fourth-order valence-corrected chi connectivity index (χ4v) is 7.01. The zero-order valence-electron chi connectivity index (χ0n) is 22.6. The third-order valence-corrected chi connectivity index (χ3v) is 8.94. The van der Waals surface area contributed by atoms with E-state index in [1.165, 1.54) is 48.6 Å². The summed E-state index contributed by atoms with van der Waals surface area (Å²) in [7, 11) is 0. The third-order valence-electron chi connectivity index (χ3n) is 8.94. The molecule has 3 aliphatic rings. The first-order valence-corrected chi connectivity index (χ1v) is 14.2. The molecule has 4 aromatic carbocycles. The van der Waals surface area contributed by atoms with E-state index in [1.807, 2.05) is 24.3 Å². The molecule has 1 aromatic heterocycles. The molecule has 3 N–H and O–H groups in total. The van der Waals surface area contributed by atoms with Crippen LogP contribution in [0, 0.1) is 0 Å². The van der Waals surface area contributed by atoms with Crippen molar-refractivity contribution in [3.8, 4) is 33.8 Å². The van der Waals surface area contributed by atoms with Gasteiger partial charge in [0.05, 0.1) is 5.69 Å². The van der Waals surface area contributed by atoms with Crippen LogP contribution in [0.15, 0.2) is 91.1 Å². The molecule has 1 unspecified atom stereocenters. The van der Waals surface area contributed by atoms with Crippen LogP contribution in [-0.2, 0) is 13.0 Å². The lowest BCUT2D eigenvalue weighted by atomic mass is 9.77. The summed E-state index contributed by atoms with van der Waals surface area (Å²) < 4.78 is 12.4. The second kappa shape index (κ2) is 9.43. The summed E-state index contributed by atoms with van der Waals surface area (Å²) in [6, 6.07) is 30.0. The van der Waals surface area contributed by atoms with E-state index >= 15 is 0 Å². The van der Waals surface area contributed by atoms with E-state index in [2.05, 4.69) is 66.7 Å². The molecule has 2 heterocycles. The van der Waals surface area contributed by atoms with E-state index in [-0.39, 0.29) is 12.7 Å². The molecule has 41 heavy (non-hydrogen) atoms. The zero-order chi connectivity index (χ0) is 27.5. The maximum atomic E-state index is 10.6. The molecule has 0 saturated carbocycles. The molecule has 1 atom stereocenters. The number of ether oxygens (including phenoxy) is 2. The lowest BCUT2D eigenvalue weighted by Crippen LogP contribution is -2.38. The minimum atomic E-state index is 0.117. The highest BCUT2D eigenvalue weighted by molar-refractivity contribution is 5.79. The summed E-state index contributed by atoms with van der Waals surface area (Å²) in [5, 5.41) is 13.2. The van der Waals surface area contributed by atoms with E-state index in [1.54, 1.807) is 6.20 Å². The molecule has 0 fully saturated rings. The fraction of sp³-hybridized carbons (Fsp3) is 0.167. The van der Waals surface area contributed by atoms with Gasteiger partial charge in [-0.1, -0.05) is 60.7 Å². The predicted molar refractivity (Wildman–Crippen MR) is 160 cm³/mol. The zero-order valence-corrected chi connectivity index (χ0v) is 22.6. The van der Waals surface area contributed by atoms with Gasteiger partial charge in [0, 0.05) is 18.7 Å². The van der Waals surface area contributed by atoms with Crippen LogP contribution < -0.4 is 25.6 Å². The van der Waals surface area contributed by atoms with Gasteiger partial charge in [-0.05, 0) is 110 Å². The smallest absolute Gasteiger partial charge is 0.231 e. The van der Waals surface area contributed by atoms with Crippen molar-refractivity contribution in [2.75, 3.05) is 6.79 Å². The molecule has 0 bridgehead atoms. The molecule has 0 spiro atoms. The second-order valence-electron chi connectivity index (χ2n) is 11.0. The Hall–Kier alpha value is -4.74. The normalized spacial score (nSPS) is 16.5. The molecule has 202 valence electrons. The number of hydrogen-bond donors (Lipinski definition) is 2. The number of rotatable bonds is 4. The monoisotopic (exact) mass is 538 g/mol. The number of nitrogens with two attached hydrogens (primary N) is 1. The molecule has 5 nitrogen and oxygen atoms in total. The van der Waals surface area contributed by atoms with Crippen molar-refractivity contribution in [2.24, 2.45) is 5.73 Å². The number of benzene rings is 4. The summed E-state index contributed by atoms with van der Waals surface area (Å²) in [5.41, 5.74) is 18.3. The van der Waals surface area contributed by atoms with Gasteiger partial charge < -0.3 is 20.4 Å². The van der Waals surface area contributed by atoms with Crippen molar-refractivity contribution >= 4 is 11.6 Å². The molecular weight excluding hydrogens is 508 g/mol. The van der Waals surface area contributed by atoms with Crippen LogP contribution in [0.4, 0.5) is 0 Å². The Balaban J connectivity index is 1.35. The molecule has 5 heteroatoms. The van der Waals surface area contributed by atoms with Crippen LogP contribution in [0.3, 0.4) is 0 Å². The summed E-state index contributed by atoms with van der Waals surface area (Å²) in [5.74, 6) is 1.67. The third kappa shape index (κ3) is 3.80. The number of nitrogens with zero attached hydrogens (tertiary/aromatic N) is 1. The van der Waals surface area contributed by atoms with Gasteiger partial charge in [0.1, 0.15) is 0 Å². The van der Waals surface area contributed by atoms with E-state index in [9.17, 15) is 5.21 Å². The van der Waals surface area contributed by atoms with Gasteiger partial charge in [0.2, 0.25) is 6.79 Å². The van der Waals surface area contributed by atoms with E-state index in [0.717, 1.165) is 53.1 Å². The number of fused-ring (bicyclic) bond motifs is 6. The van der Waals surface area contributed by atoms with Crippen molar-refractivity contribution in [2.45, 2.75) is 31.7 Å². The Morgan fingerprint density at radius 2 is 1.68 bits per heavy atom. The van der Waals surface area contributed by atoms with Crippen LogP contribution in [0.1, 0.15) is 46.7 Å². The van der Waals surface area contributed by atoms with Crippen LogP contribution >= 0.6 is 0 Å². The van der Waals surface area contributed by atoms with Crippen molar-refractivity contribution in [3.63, 3.8) is 0 Å². The summed E-state index contributed by atoms with van der Waals surface area (Å²) in [6.07, 6.45) is 6.84. The Morgan fingerprint density at radius 1 is 0.829 bits per heavy atom. The van der Waals surface area contributed by atoms with Crippen LogP contribution in [0.5, 0.6) is 11.5 Å². The van der Waals surface area contributed by atoms with Gasteiger partial charge in [-0.2, -0.15) is 4.73 Å². The maximum absolute atomic E-state index is 10.6. The molecule has 1 aliphatic heterocycles. The van der Waals surface area contributed by atoms with Gasteiger partial charge in [0.25, 0.3) is 0 Å². The highest BCUT2D eigenvalue weighted by Gasteiger charge is 2.27. The molecule has 0 saturated heterocycles. The standard InChI is InChI=1S/C36H30N2O3/c37-20-25-18-23(8-10-26(25)24-9-16-34-35(19-24)41-21-40-34)28-12-14-30(33-6-3-17-38(33)39)32-15-13-29-27-5-2-1-4-22(27)7-11-31(29)36(28)32/h1-6,8-11,13,15-19,30,39H,7,12,14,20-21,37H2. The van der Waals surface area contributed by atoms with E-state index in [0.29, 0.717) is 6.54 Å². The molecule has 2 aliphatic carbocycles. The summed E-state index contributed by atoms with van der Waals surface area (Å²) >= 11 is 0. The average Bonchev–Trinajstić information content (AvgIpc) is 3.68. The van der Waals surface area contributed by atoms with Crippen molar-refractivity contribution in [3.05, 3.63) is 130 Å². The predicted octanol–water partition coefficient (Wildman–Crippen LogP) is 5.71. The Kier molecular flexibility index (Phi) is 5.54. The van der Waals surface area contributed by atoms with E-state index in [4.69, 9.17) is 15.2 Å². The first-order chi connectivity index (χ1) is 20.2. The van der Waals surface area contributed by atoms with Crippen molar-refractivity contribution in [1.82, 2.24) is 4.73 Å². The minimum absolute atomic E-state index is 0.117. The quantitative estimate of drug-likeness (QED) is 0.288. The average molecular weight is 539 g/mol. The van der Waals surface area contributed by atoms with Crippen LogP contribution in [0.2, 0.25) is 0 Å². The van der Waals surface area contributed by atoms with Crippen LogP contribution in [0.25, 0.3) is 33.9 Å². The fourth-order valence-electron chi connectivity index (χ4n) is 7.01. The van der Waals surface area contributed by atoms with Crippen molar-refractivity contribution < 1.29 is 14.7 Å². The Labute approximate surface area is 238 Å². The topological polar surface area (TPSA) is 69.6 Å². The summed E-state index contributed by atoms with van der Waals surface area (Å²) in [4.78, 5) is 0. The molecule has 8 rings (SSSR count). The van der Waals surface area contributed by atoms with E-state index < -0.39 is 0 Å². The van der Waals surface area contributed by atoms with Gasteiger partial charge in [0.15, 0.2) is 11.5 Å². The first-order valence-electron chi connectivity index (χ1n) is 14.2. The summed E-state index contributed by atoms with van der Waals surface area (Å²) in [6.45, 7) is 0.692. The Bertz CT molecular complexity index is 1970. The Morgan fingerprint density at radius 3 is 2.56 bits per heavy atom. The molecule has 5 aromatic rings. The SMILES string of the molecule is NCc1cc(C2=c3c(ccc4c3=CCc3ccccc3-4)C(c3cccn3O)CC2)ccc1-c1ccc2c(c1)OCO2. The molecular formula is C36H30N2O3. The molecule has 0 radical (unpaired) electrons.